The third-order valence-electron chi connectivity index (χ3n) is 3.47. The molecule has 6 heteroatoms. The van der Waals surface area contributed by atoms with Crippen molar-refractivity contribution in [3.8, 4) is 0 Å². The second-order valence-electron chi connectivity index (χ2n) is 4.98. The third kappa shape index (κ3) is 3.23. The smallest absolute Gasteiger partial charge is 0.111 e. The number of fused-ring (bicyclic) bond motifs is 1. The second kappa shape index (κ2) is 6.36. The Morgan fingerprint density at radius 2 is 2.10 bits per heavy atom. The zero-order chi connectivity index (χ0) is 14.8. The van der Waals surface area contributed by atoms with E-state index in [9.17, 15) is 0 Å². The molecule has 21 heavy (non-hydrogen) atoms. The summed E-state index contributed by atoms with van der Waals surface area (Å²) < 4.78 is 5.30. The van der Waals surface area contributed by atoms with Gasteiger partial charge in [0.1, 0.15) is 5.82 Å². The fourth-order valence-corrected chi connectivity index (χ4v) is 3.14. The molecule has 0 N–H and O–H groups in total. The number of alkyl halides is 1. The van der Waals surface area contributed by atoms with Crippen LogP contribution in [0.4, 0.5) is 0 Å². The van der Waals surface area contributed by atoms with Crippen LogP contribution in [-0.4, -0.2) is 25.2 Å². The van der Waals surface area contributed by atoms with Crippen LogP contribution in [0.3, 0.4) is 0 Å². The van der Waals surface area contributed by atoms with E-state index in [0.29, 0.717) is 5.88 Å². The van der Waals surface area contributed by atoms with E-state index in [1.54, 1.807) is 0 Å². The first-order valence-electron chi connectivity index (χ1n) is 6.86. The van der Waals surface area contributed by atoms with Crippen LogP contribution >= 0.6 is 34.2 Å². The van der Waals surface area contributed by atoms with Crippen molar-refractivity contribution in [2.24, 2.45) is 7.05 Å². The van der Waals surface area contributed by atoms with Gasteiger partial charge in [0.25, 0.3) is 0 Å². The lowest BCUT2D eigenvalue weighted by Crippen LogP contribution is -2.07. The number of aryl methyl sites for hydroxylation is 4. The standard InChI is InChI=1S/C15H16ClIN4/c1-20-8-5-12(19-20)6-9-21-14-3-2-11(17)10-13(14)18-15(21)4-7-16/h2-3,5,8,10H,4,6-7,9H2,1H3. The minimum absolute atomic E-state index is 0.587. The largest absolute Gasteiger partial charge is 0.328 e. The predicted molar refractivity (Wildman–Crippen MR) is 93.8 cm³/mol. The molecule has 0 aliphatic carbocycles. The lowest BCUT2D eigenvalue weighted by molar-refractivity contribution is 0.651. The van der Waals surface area contributed by atoms with Gasteiger partial charge in [-0.1, -0.05) is 0 Å². The van der Waals surface area contributed by atoms with Crippen LogP contribution < -0.4 is 0 Å². The molecule has 0 fully saturated rings. The number of hydrogen-bond donors (Lipinski definition) is 0. The van der Waals surface area contributed by atoms with Crippen molar-refractivity contribution < 1.29 is 0 Å². The quantitative estimate of drug-likeness (QED) is 0.474. The highest BCUT2D eigenvalue weighted by molar-refractivity contribution is 14.1. The van der Waals surface area contributed by atoms with Crippen LogP contribution in [0.15, 0.2) is 30.5 Å². The number of imidazole rings is 1. The van der Waals surface area contributed by atoms with Crippen LogP contribution in [-0.2, 0) is 26.4 Å². The summed E-state index contributed by atoms with van der Waals surface area (Å²) >= 11 is 8.23. The van der Waals surface area contributed by atoms with Gasteiger partial charge in [0.15, 0.2) is 0 Å². The molecule has 3 rings (SSSR count). The minimum atomic E-state index is 0.587. The fraction of sp³-hybridized carbons (Fsp3) is 0.333. The van der Waals surface area contributed by atoms with E-state index >= 15 is 0 Å². The number of aromatic nitrogens is 4. The number of hydrogen-bond acceptors (Lipinski definition) is 2. The summed E-state index contributed by atoms with van der Waals surface area (Å²) in [5.74, 6) is 1.64. The van der Waals surface area contributed by atoms with Crippen molar-refractivity contribution >= 4 is 45.2 Å². The molecule has 2 heterocycles. The first kappa shape index (κ1) is 14.8. The normalized spacial score (nSPS) is 11.4. The van der Waals surface area contributed by atoms with Gasteiger partial charge < -0.3 is 4.57 Å². The van der Waals surface area contributed by atoms with Crippen molar-refractivity contribution in [2.45, 2.75) is 19.4 Å². The summed E-state index contributed by atoms with van der Waals surface area (Å²) in [7, 11) is 1.94. The first-order chi connectivity index (χ1) is 10.2. The summed E-state index contributed by atoms with van der Waals surface area (Å²) in [4.78, 5) is 4.73. The number of benzene rings is 1. The summed E-state index contributed by atoms with van der Waals surface area (Å²) in [6.45, 7) is 0.875. The van der Waals surface area contributed by atoms with Gasteiger partial charge in [-0.05, 0) is 46.9 Å². The molecule has 4 nitrogen and oxygen atoms in total. The van der Waals surface area contributed by atoms with Gasteiger partial charge in [0.2, 0.25) is 0 Å². The van der Waals surface area contributed by atoms with Gasteiger partial charge >= 0.3 is 0 Å². The number of halogens is 2. The van der Waals surface area contributed by atoms with Crippen molar-refractivity contribution in [1.29, 1.82) is 0 Å². The molecule has 0 aliphatic rings. The summed E-state index contributed by atoms with van der Waals surface area (Å²) in [6.07, 6.45) is 3.66. The maximum absolute atomic E-state index is 5.92. The van der Waals surface area contributed by atoms with Gasteiger partial charge in [0.05, 0.1) is 16.7 Å². The molecule has 0 amide bonds. The summed E-state index contributed by atoms with van der Waals surface area (Å²) in [5.41, 5.74) is 3.32. The second-order valence-corrected chi connectivity index (χ2v) is 6.61. The SMILES string of the molecule is Cn1ccc(CCn2c(CCCl)nc3cc(I)ccc32)n1. The molecule has 0 saturated heterocycles. The van der Waals surface area contributed by atoms with E-state index in [2.05, 4.69) is 56.5 Å². The average molecular weight is 415 g/mol. The molecule has 1 aromatic carbocycles. The topological polar surface area (TPSA) is 35.6 Å². The molecule has 0 bridgehead atoms. The lowest BCUT2D eigenvalue weighted by atomic mass is 10.3. The van der Waals surface area contributed by atoms with Gasteiger partial charge in [-0.25, -0.2) is 4.98 Å². The first-order valence-corrected chi connectivity index (χ1v) is 8.48. The molecule has 0 unspecified atom stereocenters. The highest BCUT2D eigenvalue weighted by atomic mass is 127. The van der Waals surface area contributed by atoms with E-state index in [-0.39, 0.29) is 0 Å². The monoisotopic (exact) mass is 414 g/mol. The maximum Gasteiger partial charge on any atom is 0.111 e. The third-order valence-corrected chi connectivity index (χ3v) is 4.33. The van der Waals surface area contributed by atoms with Crippen LogP contribution in [0.25, 0.3) is 11.0 Å². The average Bonchev–Trinajstić information content (AvgIpc) is 3.00. The van der Waals surface area contributed by atoms with E-state index in [1.807, 2.05) is 17.9 Å². The lowest BCUT2D eigenvalue weighted by Gasteiger charge is -2.07. The van der Waals surface area contributed by atoms with E-state index in [4.69, 9.17) is 16.6 Å². The molecule has 0 aliphatic heterocycles. The Bertz CT molecular complexity index is 762. The molecule has 110 valence electrons. The van der Waals surface area contributed by atoms with Gasteiger partial charge in [0, 0.05) is 42.1 Å². The molecule has 0 atom stereocenters. The van der Waals surface area contributed by atoms with Gasteiger partial charge in [-0.2, -0.15) is 5.10 Å². The Morgan fingerprint density at radius 1 is 1.24 bits per heavy atom. The summed E-state index contributed by atoms with van der Waals surface area (Å²) in [5, 5.41) is 4.44. The molecule has 2 aromatic heterocycles. The minimum Gasteiger partial charge on any atom is -0.328 e. The predicted octanol–water partition coefficient (Wildman–Crippen LogP) is 3.40. The van der Waals surface area contributed by atoms with Crippen LogP contribution in [0.2, 0.25) is 0 Å². The zero-order valence-electron chi connectivity index (χ0n) is 11.8. The Kier molecular flexibility index (Phi) is 4.49. The number of nitrogens with zero attached hydrogens (tertiary/aromatic N) is 4. The van der Waals surface area contributed by atoms with Crippen molar-refractivity contribution in [2.75, 3.05) is 5.88 Å². The Morgan fingerprint density at radius 3 is 2.81 bits per heavy atom. The van der Waals surface area contributed by atoms with E-state index < -0.39 is 0 Å². The van der Waals surface area contributed by atoms with Crippen molar-refractivity contribution in [3.63, 3.8) is 0 Å². The molecular formula is C15H16ClIN4. The Labute approximate surface area is 142 Å². The molecule has 0 saturated carbocycles. The van der Waals surface area contributed by atoms with E-state index in [0.717, 1.165) is 36.4 Å². The highest BCUT2D eigenvalue weighted by Crippen LogP contribution is 2.20. The van der Waals surface area contributed by atoms with Crippen LogP contribution in [0.1, 0.15) is 11.5 Å². The van der Waals surface area contributed by atoms with Crippen LogP contribution in [0, 0.1) is 3.57 Å². The number of rotatable bonds is 5. The van der Waals surface area contributed by atoms with Gasteiger partial charge in [-0.15, -0.1) is 11.6 Å². The van der Waals surface area contributed by atoms with Crippen LogP contribution in [0.5, 0.6) is 0 Å². The maximum atomic E-state index is 5.92. The van der Waals surface area contributed by atoms with E-state index in [1.165, 1.54) is 9.09 Å². The summed E-state index contributed by atoms with van der Waals surface area (Å²) in [6, 6.07) is 8.43. The highest BCUT2D eigenvalue weighted by Gasteiger charge is 2.11. The Balaban J connectivity index is 1.92. The van der Waals surface area contributed by atoms with Gasteiger partial charge in [-0.3, -0.25) is 4.68 Å². The zero-order valence-corrected chi connectivity index (χ0v) is 14.7. The molecule has 0 radical (unpaired) electrons. The van der Waals surface area contributed by atoms with Crippen molar-refractivity contribution in [1.82, 2.24) is 19.3 Å². The molecular weight excluding hydrogens is 399 g/mol. The van der Waals surface area contributed by atoms with Crippen molar-refractivity contribution in [3.05, 3.63) is 45.6 Å². The fourth-order valence-electron chi connectivity index (χ4n) is 2.50. The molecule has 0 spiro atoms. The molecule has 3 aromatic rings. The Hall–Kier alpha value is -1.08.